The molecule has 0 saturated heterocycles. The van der Waals surface area contributed by atoms with E-state index in [4.69, 9.17) is 15.4 Å². The smallest absolute Gasteiger partial charge is 0.246 e. The van der Waals surface area contributed by atoms with Crippen molar-refractivity contribution in [1.82, 2.24) is 10.1 Å². The molecule has 0 aliphatic heterocycles. The standard InChI is InChI=1S/C10H9F2N3O2/c11-6-1-5(2-7(12)3-6)9-14-10(17-15-9)8(13)4-16/h1-3,8,16H,4,13H2/t8-/m1/s1. The summed E-state index contributed by atoms with van der Waals surface area (Å²) in [4.78, 5) is 3.84. The normalized spacial score (nSPS) is 12.7. The molecule has 0 amide bonds. The first kappa shape index (κ1) is 11.6. The van der Waals surface area contributed by atoms with Crippen LogP contribution in [0.15, 0.2) is 22.7 Å². The number of benzene rings is 1. The van der Waals surface area contributed by atoms with E-state index in [1.54, 1.807) is 0 Å². The van der Waals surface area contributed by atoms with Gasteiger partial charge in [0.25, 0.3) is 0 Å². The maximum atomic E-state index is 13.0. The number of aliphatic hydroxyl groups is 1. The van der Waals surface area contributed by atoms with Crippen molar-refractivity contribution in [1.29, 1.82) is 0 Å². The van der Waals surface area contributed by atoms with E-state index >= 15 is 0 Å². The fourth-order valence-corrected chi connectivity index (χ4v) is 1.26. The Morgan fingerprint density at radius 3 is 2.53 bits per heavy atom. The molecule has 2 aromatic rings. The molecule has 5 nitrogen and oxygen atoms in total. The molecule has 3 N–H and O–H groups in total. The van der Waals surface area contributed by atoms with Gasteiger partial charge >= 0.3 is 0 Å². The molecule has 0 radical (unpaired) electrons. The fraction of sp³-hybridized carbons (Fsp3) is 0.200. The summed E-state index contributed by atoms with van der Waals surface area (Å²) in [6.07, 6.45) is 0. The highest BCUT2D eigenvalue weighted by Gasteiger charge is 2.15. The molecular weight excluding hydrogens is 232 g/mol. The van der Waals surface area contributed by atoms with E-state index in [9.17, 15) is 8.78 Å². The van der Waals surface area contributed by atoms with Gasteiger partial charge in [-0.15, -0.1) is 0 Å². The number of hydrogen-bond donors (Lipinski definition) is 2. The zero-order valence-electron chi connectivity index (χ0n) is 8.60. The minimum atomic E-state index is -0.811. The number of halogens is 2. The van der Waals surface area contributed by atoms with Crippen LogP contribution in [0.4, 0.5) is 8.78 Å². The van der Waals surface area contributed by atoms with Crippen molar-refractivity contribution >= 4 is 0 Å². The van der Waals surface area contributed by atoms with Gasteiger partial charge in [-0.3, -0.25) is 0 Å². The third-order valence-corrected chi connectivity index (χ3v) is 2.08. The van der Waals surface area contributed by atoms with Crippen LogP contribution < -0.4 is 5.73 Å². The van der Waals surface area contributed by atoms with Crippen LogP contribution >= 0.6 is 0 Å². The highest BCUT2D eigenvalue weighted by atomic mass is 19.1. The van der Waals surface area contributed by atoms with Gasteiger partial charge in [-0.2, -0.15) is 4.98 Å². The summed E-state index contributed by atoms with van der Waals surface area (Å²) in [5.74, 6) is -1.45. The van der Waals surface area contributed by atoms with Crippen molar-refractivity contribution in [2.24, 2.45) is 5.73 Å². The van der Waals surface area contributed by atoms with E-state index in [1.807, 2.05) is 0 Å². The Balaban J connectivity index is 2.36. The third-order valence-electron chi connectivity index (χ3n) is 2.08. The Bertz CT molecular complexity index is 510. The Hall–Kier alpha value is -1.86. The summed E-state index contributed by atoms with van der Waals surface area (Å²) in [7, 11) is 0. The minimum Gasteiger partial charge on any atom is -0.394 e. The quantitative estimate of drug-likeness (QED) is 0.837. The minimum absolute atomic E-state index is 0.00664. The molecule has 0 saturated carbocycles. The largest absolute Gasteiger partial charge is 0.394 e. The molecule has 2 rings (SSSR count). The molecule has 1 aromatic carbocycles. The molecule has 0 spiro atoms. The Morgan fingerprint density at radius 2 is 1.94 bits per heavy atom. The van der Waals surface area contributed by atoms with E-state index in [0.717, 1.165) is 18.2 Å². The zero-order valence-corrected chi connectivity index (χ0v) is 8.60. The molecule has 17 heavy (non-hydrogen) atoms. The number of nitrogens with two attached hydrogens (primary N) is 1. The van der Waals surface area contributed by atoms with Gasteiger partial charge in [0.15, 0.2) is 0 Å². The second kappa shape index (κ2) is 4.56. The molecule has 0 aliphatic carbocycles. The van der Waals surface area contributed by atoms with Crippen LogP contribution in [0.5, 0.6) is 0 Å². The summed E-state index contributed by atoms with van der Waals surface area (Å²) in [6, 6.07) is 2.07. The lowest BCUT2D eigenvalue weighted by molar-refractivity contribution is 0.237. The Morgan fingerprint density at radius 1 is 1.29 bits per heavy atom. The van der Waals surface area contributed by atoms with Gasteiger partial charge in [-0.05, 0) is 12.1 Å². The number of rotatable bonds is 3. The Kier molecular flexibility index (Phi) is 3.12. The summed E-state index contributed by atoms with van der Waals surface area (Å²) < 4.78 is 30.7. The van der Waals surface area contributed by atoms with Gasteiger partial charge < -0.3 is 15.4 Å². The van der Waals surface area contributed by atoms with E-state index in [-0.39, 0.29) is 23.9 Å². The molecule has 1 aromatic heterocycles. The van der Waals surface area contributed by atoms with Crippen LogP contribution in [0, 0.1) is 11.6 Å². The molecule has 1 atom stereocenters. The molecule has 0 bridgehead atoms. The number of hydrogen-bond acceptors (Lipinski definition) is 5. The predicted octanol–water partition coefficient (Wildman–Crippen LogP) is 1.01. The third kappa shape index (κ3) is 2.45. The van der Waals surface area contributed by atoms with E-state index in [1.165, 1.54) is 0 Å². The summed E-state index contributed by atoms with van der Waals surface area (Å²) in [6.45, 7) is -0.362. The highest BCUT2D eigenvalue weighted by Crippen LogP contribution is 2.20. The molecule has 1 heterocycles. The average Bonchev–Trinajstić information content (AvgIpc) is 2.76. The first-order valence-electron chi connectivity index (χ1n) is 4.76. The molecule has 7 heteroatoms. The van der Waals surface area contributed by atoms with Crippen LogP contribution in [-0.4, -0.2) is 21.9 Å². The predicted molar refractivity (Wildman–Crippen MR) is 53.7 cm³/mol. The van der Waals surface area contributed by atoms with Crippen LogP contribution in [-0.2, 0) is 0 Å². The first-order chi connectivity index (χ1) is 8.10. The Labute approximate surface area is 94.9 Å². The van der Waals surface area contributed by atoms with Crippen molar-refractivity contribution in [2.45, 2.75) is 6.04 Å². The topological polar surface area (TPSA) is 85.2 Å². The zero-order chi connectivity index (χ0) is 12.4. The first-order valence-corrected chi connectivity index (χ1v) is 4.76. The van der Waals surface area contributed by atoms with Crippen molar-refractivity contribution in [3.05, 3.63) is 35.7 Å². The van der Waals surface area contributed by atoms with E-state index < -0.39 is 17.7 Å². The van der Waals surface area contributed by atoms with Crippen molar-refractivity contribution in [2.75, 3.05) is 6.61 Å². The highest BCUT2D eigenvalue weighted by molar-refractivity contribution is 5.54. The van der Waals surface area contributed by atoms with Gasteiger partial charge in [0, 0.05) is 11.6 Å². The van der Waals surface area contributed by atoms with Gasteiger partial charge in [-0.1, -0.05) is 5.16 Å². The van der Waals surface area contributed by atoms with Crippen molar-refractivity contribution in [3.8, 4) is 11.4 Å². The maximum Gasteiger partial charge on any atom is 0.246 e. The van der Waals surface area contributed by atoms with Crippen molar-refractivity contribution < 1.29 is 18.4 Å². The lowest BCUT2D eigenvalue weighted by Crippen LogP contribution is -2.14. The monoisotopic (exact) mass is 241 g/mol. The number of aromatic nitrogens is 2. The van der Waals surface area contributed by atoms with Gasteiger partial charge in [0.2, 0.25) is 11.7 Å². The number of aliphatic hydroxyl groups excluding tert-OH is 1. The van der Waals surface area contributed by atoms with E-state index in [0.29, 0.717) is 0 Å². The summed E-state index contributed by atoms with van der Waals surface area (Å²) in [5, 5.41) is 12.3. The summed E-state index contributed by atoms with van der Waals surface area (Å²) >= 11 is 0. The second-order valence-electron chi connectivity index (χ2n) is 3.40. The van der Waals surface area contributed by atoms with Crippen LogP contribution in [0.25, 0.3) is 11.4 Å². The van der Waals surface area contributed by atoms with Crippen LogP contribution in [0.3, 0.4) is 0 Å². The fourth-order valence-electron chi connectivity index (χ4n) is 1.26. The number of nitrogens with zero attached hydrogens (tertiary/aromatic N) is 2. The van der Waals surface area contributed by atoms with Crippen molar-refractivity contribution in [3.63, 3.8) is 0 Å². The van der Waals surface area contributed by atoms with E-state index in [2.05, 4.69) is 10.1 Å². The molecule has 0 fully saturated rings. The van der Waals surface area contributed by atoms with Gasteiger partial charge in [-0.25, -0.2) is 8.78 Å². The van der Waals surface area contributed by atoms with Crippen LogP contribution in [0.2, 0.25) is 0 Å². The molecular formula is C10H9F2N3O2. The SMILES string of the molecule is N[C@H](CO)c1nc(-c2cc(F)cc(F)c2)no1. The molecule has 0 unspecified atom stereocenters. The average molecular weight is 241 g/mol. The van der Waals surface area contributed by atoms with Crippen LogP contribution in [0.1, 0.15) is 11.9 Å². The second-order valence-corrected chi connectivity index (χ2v) is 3.40. The maximum absolute atomic E-state index is 13.0. The summed E-state index contributed by atoms with van der Waals surface area (Å²) in [5.41, 5.74) is 5.59. The van der Waals surface area contributed by atoms with Gasteiger partial charge in [0.05, 0.1) is 6.61 Å². The lowest BCUT2D eigenvalue weighted by atomic mass is 10.2. The molecule has 90 valence electrons. The molecule has 0 aliphatic rings. The lowest BCUT2D eigenvalue weighted by Gasteiger charge is -1.98. The van der Waals surface area contributed by atoms with Gasteiger partial charge in [0.1, 0.15) is 17.7 Å².